The highest BCUT2D eigenvalue weighted by Gasteiger charge is 2.45. The highest BCUT2D eigenvalue weighted by molar-refractivity contribution is 7.09. The molecular formula is C18H27N3O2S. The first kappa shape index (κ1) is 16.5. The van der Waals surface area contributed by atoms with Gasteiger partial charge in [0.25, 0.3) is 5.91 Å². The van der Waals surface area contributed by atoms with Crippen LogP contribution in [0.5, 0.6) is 0 Å². The smallest absolute Gasteiger partial charge is 0.251 e. The molecule has 0 saturated carbocycles. The van der Waals surface area contributed by atoms with Crippen molar-refractivity contribution in [2.24, 2.45) is 0 Å². The molecule has 24 heavy (non-hydrogen) atoms. The highest BCUT2D eigenvalue weighted by Crippen LogP contribution is 2.40. The summed E-state index contributed by atoms with van der Waals surface area (Å²) < 4.78 is 6.34. The molecule has 5 nitrogen and oxygen atoms in total. The van der Waals surface area contributed by atoms with Crippen LogP contribution in [-0.4, -0.2) is 58.6 Å². The van der Waals surface area contributed by atoms with E-state index in [0.29, 0.717) is 0 Å². The molecule has 3 aliphatic heterocycles. The molecule has 0 N–H and O–H groups in total. The molecular weight excluding hydrogens is 322 g/mol. The number of carbonyl (C=O) groups excluding carboxylic acids is 1. The third-order valence-electron chi connectivity index (χ3n) is 5.74. The Balaban J connectivity index is 1.29. The van der Waals surface area contributed by atoms with Gasteiger partial charge in [0, 0.05) is 37.3 Å². The van der Waals surface area contributed by atoms with Crippen LogP contribution < -0.4 is 0 Å². The molecule has 3 fully saturated rings. The zero-order chi connectivity index (χ0) is 16.6. The van der Waals surface area contributed by atoms with Crippen LogP contribution in [-0.2, 0) is 16.1 Å². The zero-order valence-corrected chi connectivity index (χ0v) is 15.3. The lowest BCUT2D eigenvalue weighted by molar-refractivity contribution is -0.150. The number of rotatable bonds is 3. The molecule has 0 radical (unpaired) electrons. The van der Waals surface area contributed by atoms with E-state index in [9.17, 15) is 4.79 Å². The number of carbonyl (C=O) groups is 1. The van der Waals surface area contributed by atoms with Gasteiger partial charge in [-0.05, 0) is 45.4 Å². The molecule has 1 aromatic rings. The Hall–Kier alpha value is -0.980. The molecule has 6 heteroatoms. The minimum atomic E-state index is -0.184. The third kappa shape index (κ3) is 3.37. The van der Waals surface area contributed by atoms with Gasteiger partial charge in [-0.3, -0.25) is 9.69 Å². The monoisotopic (exact) mass is 349 g/mol. The number of amides is 1. The van der Waals surface area contributed by atoms with E-state index in [-0.39, 0.29) is 17.6 Å². The van der Waals surface area contributed by atoms with Gasteiger partial charge in [-0.25, -0.2) is 4.98 Å². The number of aryl methyl sites for hydroxylation is 1. The molecule has 0 unspecified atom stereocenters. The van der Waals surface area contributed by atoms with E-state index < -0.39 is 0 Å². The minimum absolute atomic E-state index is 0.0463. The van der Waals surface area contributed by atoms with E-state index in [1.165, 1.54) is 5.01 Å². The molecule has 0 aromatic carbocycles. The van der Waals surface area contributed by atoms with Crippen molar-refractivity contribution in [2.75, 3.05) is 26.2 Å². The maximum absolute atomic E-state index is 12.6. The van der Waals surface area contributed by atoms with E-state index >= 15 is 0 Å². The predicted octanol–water partition coefficient (Wildman–Crippen LogP) is 2.59. The summed E-state index contributed by atoms with van der Waals surface area (Å²) in [6, 6.07) is 0. The summed E-state index contributed by atoms with van der Waals surface area (Å²) in [5, 5.41) is 3.33. The predicted molar refractivity (Wildman–Crippen MR) is 94.0 cm³/mol. The molecule has 4 heterocycles. The Morgan fingerprint density at radius 2 is 2.04 bits per heavy atom. The number of likely N-dealkylation sites (tertiary alicyclic amines) is 2. The van der Waals surface area contributed by atoms with Gasteiger partial charge in [0.2, 0.25) is 0 Å². The van der Waals surface area contributed by atoms with E-state index in [4.69, 9.17) is 4.74 Å². The van der Waals surface area contributed by atoms with E-state index in [1.54, 1.807) is 11.3 Å². The van der Waals surface area contributed by atoms with Gasteiger partial charge in [0.1, 0.15) is 11.1 Å². The molecule has 1 aromatic heterocycles. The largest absolute Gasteiger partial charge is 0.362 e. The van der Waals surface area contributed by atoms with Crippen molar-refractivity contribution in [2.45, 2.75) is 63.7 Å². The van der Waals surface area contributed by atoms with Crippen LogP contribution in [0.15, 0.2) is 5.38 Å². The fourth-order valence-electron chi connectivity index (χ4n) is 4.28. The Morgan fingerprint density at radius 1 is 1.29 bits per heavy atom. The Labute approximate surface area is 148 Å². The summed E-state index contributed by atoms with van der Waals surface area (Å²) in [6.45, 7) is 6.94. The number of hydrogen-bond acceptors (Lipinski definition) is 5. The van der Waals surface area contributed by atoms with Gasteiger partial charge in [0.15, 0.2) is 0 Å². The minimum Gasteiger partial charge on any atom is -0.362 e. The Bertz CT molecular complexity index is 589. The van der Waals surface area contributed by atoms with Crippen molar-refractivity contribution in [3.63, 3.8) is 0 Å². The number of hydrogen-bond donors (Lipinski definition) is 0. The molecule has 0 bridgehead atoms. The number of ether oxygens (including phenoxy) is 1. The summed E-state index contributed by atoms with van der Waals surface area (Å²) in [4.78, 5) is 21.6. The molecule has 132 valence electrons. The molecule has 3 aliphatic rings. The van der Waals surface area contributed by atoms with E-state index in [1.807, 2.05) is 4.90 Å². The van der Waals surface area contributed by atoms with Gasteiger partial charge < -0.3 is 9.64 Å². The summed E-state index contributed by atoms with van der Waals surface area (Å²) in [5.41, 5.74) is 1.07. The van der Waals surface area contributed by atoms with Crippen LogP contribution in [0.2, 0.25) is 0 Å². The normalized spacial score (nSPS) is 27.2. The average molecular weight is 350 g/mol. The number of aromatic nitrogens is 1. The van der Waals surface area contributed by atoms with Gasteiger partial charge in [0.05, 0.1) is 12.1 Å². The fourth-order valence-corrected chi connectivity index (χ4v) is 5.10. The summed E-state index contributed by atoms with van der Waals surface area (Å²) >= 11 is 1.75. The van der Waals surface area contributed by atoms with Gasteiger partial charge in [-0.1, -0.05) is 0 Å². The number of thiazole rings is 1. The standard InChI is InChI=1S/C18H27N3O2S/c1-14-13-24-16(19-14)12-20-10-6-18(7-11-20)5-4-15(23-18)17(22)21-8-2-3-9-21/h13,15H,2-12H2,1H3/t15-/m1/s1. The van der Waals surface area contributed by atoms with Crippen LogP contribution in [0.1, 0.15) is 49.2 Å². The van der Waals surface area contributed by atoms with Gasteiger partial charge in [-0.2, -0.15) is 0 Å². The molecule has 1 atom stereocenters. The van der Waals surface area contributed by atoms with Crippen LogP contribution >= 0.6 is 11.3 Å². The topological polar surface area (TPSA) is 45.7 Å². The van der Waals surface area contributed by atoms with Crippen molar-refractivity contribution in [3.05, 3.63) is 16.1 Å². The van der Waals surface area contributed by atoms with Crippen LogP contribution in [0, 0.1) is 6.92 Å². The van der Waals surface area contributed by atoms with Crippen LogP contribution in [0.3, 0.4) is 0 Å². The van der Waals surface area contributed by atoms with Gasteiger partial charge in [-0.15, -0.1) is 11.3 Å². The third-order valence-corrected chi connectivity index (χ3v) is 6.69. The first-order valence-corrected chi connectivity index (χ1v) is 10.1. The second kappa shape index (κ2) is 6.73. The number of nitrogens with zero attached hydrogens (tertiary/aromatic N) is 3. The molecule has 4 rings (SSSR count). The van der Waals surface area contributed by atoms with Crippen LogP contribution in [0.4, 0.5) is 0 Å². The fraction of sp³-hybridized carbons (Fsp3) is 0.778. The summed E-state index contributed by atoms with van der Waals surface area (Å²) in [6.07, 6.45) is 6.14. The number of piperidine rings is 1. The van der Waals surface area contributed by atoms with Gasteiger partial charge >= 0.3 is 0 Å². The van der Waals surface area contributed by atoms with Crippen molar-refractivity contribution < 1.29 is 9.53 Å². The van der Waals surface area contributed by atoms with Crippen molar-refractivity contribution in [1.29, 1.82) is 0 Å². The van der Waals surface area contributed by atoms with Crippen molar-refractivity contribution in [3.8, 4) is 0 Å². The Morgan fingerprint density at radius 3 is 2.71 bits per heavy atom. The van der Waals surface area contributed by atoms with E-state index in [0.717, 1.165) is 76.9 Å². The lowest BCUT2D eigenvalue weighted by atomic mass is 9.88. The quantitative estimate of drug-likeness (QED) is 0.841. The first-order chi connectivity index (χ1) is 11.6. The summed E-state index contributed by atoms with van der Waals surface area (Å²) in [5.74, 6) is 0.241. The average Bonchev–Trinajstić information content (AvgIpc) is 3.31. The highest BCUT2D eigenvalue weighted by atomic mass is 32.1. The van der Waals surface area contributed by atoms with Crippen LogP contribution in [0.25, 0.3) is 0 Å². The molecule has 1 amide bonds. The maximum Gasteiger partial charge on any atom is 0.251 e. The van der Waals surface area contributed by atoms with Crippen molar-refractivity contribution in [1.82, 2.24) is 14.8 Å². The SMILES string of the molecule is Cc1csc(CN2CCC3(CC[C@H](C(=O)N4CCCC4)O3)CC2)n1. The van der Waals surface area contributed by atoms with E-state index in [2.05, 4.69) is 22.2 Å². The summed E-state index contributed by atoms with van der Waals surface area (Å²) in [7, 11) is 0. The second-order valence-corrected chi connectivity index (χ2v) is 8.46. The molecule has 3 saturated heterocycles. The second-order valence-electron chi connectivity index (χ2n) is 7.52. The molecule has 1 spiro atoms. The molecule has 0 aliphatic carbocycles. The zero-order valence-electron chi connectivity index (χ0n) is 14.5. The lowest BCUT2D eigenvalue weighted by Crippen LogP contribution is -2.45. The first-order valence-electron chi connectivity index (χ1n) is 9.24. The van der Waals surface area contributed by atoms with Crippen molar-refractivity contribution >= 4 is 17.2 Å². The Kier molecular flexibility index (Phi) is 4.62. The lowest BCUT2D eigenvalue weighted by Gasteiger charge is -2.39. The maximum atomic E-state index is 12.6.